The summed E-state index contributed by atoms with van der Waals surface area (Å²) >= 11 is 0. The fraction of sp³-hybridized carbons (Fsp3) is 0.625. The van der Waals surface area contributed by atoms with Crippen molar-refractivity contribution in [1.82, 2.24) is 5.32 Å². The van der Waals surface area contributed by atoms with E-state index >= 15 is 0 Å². The van der Waals surface area contributed by atoms with E-state index in [0.717, 1.165) is 26.2 Å². The Morgan fingerprint density at radius 3 is 2.30 bits per heavy atom. The summed E-state index contributed by atoms with van der Waals surface area (Å²) in [6, 6.07) is 8.70. The van der Waals surface area contributed by atoms with Crippen LogP contribution in [-0.4, -0.2) is 44.6 Å². The molecule has 1 aromatic carbocycles. The Balaban J connectivity index is 1.81. The molecule has 1 saturated heterocycles. The van der Waals surface area contributed by atoms with Crippen LogP contribution in [0.1, 0.15) is 19.4 Å². The first-order chi connectivity index (χ1) is 9.73. The molecule has 1 aromatic rings. The van der Waals surface area contributed by atoms with Crippen LogP contribution in [0.4, 0.5) is 5.69 Å². The van der Waals surface area contributed by atoms with E-state index in [-0.39, 0.29) is 12.0 Å². The van der Waals surface area contributed by atoms with Gasteiger partial charge in [-0.3, -0.25) is 0 Å². The first kappa shape index (κ1) is 15.3. The van der Waals surface area contributed by atoms with Gasteiger partial charge in [0.25, 0.3) is 0 Å². The van der Waals surface area contributed by atoms with Gasteiger partial charge in [0.05, 0.1) is 25.2 Å². The summed E-state index contributed by atoms with van der Waals surface area (Å²) in [6.07, 6.45) is 0. The molecule has 1 heterocycles. The smallest absolute Gasteiger partial charge is 0.0579 e. The molecule has 1 fully saturated rings. The number of hydrogen-bond donors (Lipinski definition) is 2. The molecule has 0 unspecified atom stereocenters. The molecule has 0 bridgehead atoms. The van der Waals surface area contributed by atoms with Crippen LogP contribution >= 0.6 is 0 Å². The van der Waals surface area contributed by atoms with Crippen LogP contribution in [0.5, 0.6) is 0 Å². The minimum Gasteiger partial charge on any atom is -0.396 e. The van der Waals surface area contributed by atoms with E-state index in [1.807, 2.05) is 0 Å². The molecule has 1 aliphatic heterocycles. The number of aliphatic hydroxyl groups excluding tert-OH is 1. The number of nitrogens with zero attached hydrogens (tertiary/aromatic N) is 1. The van der Waals surface area contributed by atoms with Gasteiger partial charge in [-0.05, 0) is 31.5 Å². The van der Waals surface area contributed by atoms with Gasteiger partial charge in [-0.1, -0.05) is 12.1 Å². The molecule has 112 valence electrons. The molecule has 0 radical (unpaired) electrons. The zero-order valence-electron chi connectivity index (χ0n) is 12.6. The molecular formula is C16H26N2O2. The van der Waals surface area contributed by atoms with Gasteiger partial charge < -0.3 is 20.1 Å². The third-order valence-corrected chi connectivity index (χ3v) is 4.05. The Kier molecular flexibility index (Phi) is 5.40. The lowest BCUT2D eigenvalue weighted by Gasteiger charge is -2.40. The molecule has 0 saturated carbocycles. The zero-order chi connectivity index (χ0) is 14.4. The van der Waals surface area contributed by atoms with Crippen molar-refractivity contribution in [3.05, 3.63) is 29.8 Å². The van der Waals surface area contributed by atoms with Crippen molar-refractivity contribution < 1.29 is 9.84 Å². The predicted octanol–water partition coefficient (Wildman–Crippen LogP) is 1.63. The van der Waals surface area contributed by atoms with E-state index in [1.54, 1.807) is 0 Å². The molecule has 0 aromatic heterocycles. The average Bonchev–Trinajstić information content (AvgIpc) is 2.45. The molecule has 20 heavy (non-hydrogen) atoms. The molecule has 0 spiro atoms. The standard InChI is InChI=1S/C16H26N2O2/c1-3-18(4-2)15-7-5-14(6-8-15)9-17-10-16(11-19)12-20-13-16/h5-8,17,19H,3-4,9-13H2,1-2H3. The van der Waals surface area contributed by atoms with Crippen LogP contribution in [0.3, 0.4) is 0 Å². The Hall–Kier alpha value is -1.10. The van der Waals surface area contributed by atoms with Crippen molar-refractivity contribution in [2.24, 2.45) is 5.41 Å². The number of anilines is 1. The van der Waals surface area contributed by atoms with Gasteiger partial charge in [0.1, 0.15) is 0 Å². The van der Waals surface area contributed by atoms with Crippen LogP contribution in [0.2, 0.25) is 0 Å². The summed E-state index contributed by atoms with van der Waals surface area (Å²) in [5, 5.41) is 12.8. The largest absolute Gasteiger partial charge is 0.396 e. The lowest BCUT2D eigenvalue weighted by Crippen LogP contribution is -2.52. The molecule has 0 atom stereocenters. The highest BCUT2D eigenvalue weighted by atomic mass is 16.5. The Morgan fingerprint density at radius 1 is 1.20 bits per heavy atom. The Morgan fingerprint density at radius 2 is 1.85 bits per heavy atom. The normalized spacial score (nSPS) is 16.8. The molecule has 2 N–H and O–H groups in total. The summed E-state index contributed by atoms with van der Waals surface area (Å²) in [5.41, 5.74) is 2.49. The minimum absolute atomic E-state index is 0.0544. The maximum atomic E-state index is 9.36. The summed E-state index contributed by atoms with van der Waals surface area (Å²) in [5.74, 6) is 0. The molecule has 2 rings (SSSR count). The van der Waals surface area contributed by atoms with E-state index in [1.165, 1.54) is 11.3 Å². The Bertz CT molecular complexity index is 392. The van der Waals surface area contributed by atoms with Gasteiger partial charge in [-0.2, -0.15) is 0 Å². The van der Waals surface area contributed by atoms with Crippen LogP contribution in [0.15, 0.2) is 24.3 Å². The summed E-state index contributed by atoms with van der Waals surface area (Å²) in [7, 11) is 0. The molecule has 4 nitrogen and oxygen atoms in total. The number of hydrogen-bond acceptors (Lipinski definition) is 4. The topological polar surface area (TPSA) is 44.7 Å². The second-order valence-electron chi connectivity index (χ2n) is 5.59. The fourth-order valence-corrected chi connectivity index (χ4v) is 2.53. The summed E-state index contributed by atoms with van der Waals surface area (Å²) in [6.45, 7) is 9.58. The van der Waals surface area contributed by atoms with Crippen molar-refractivity contribution in [1.29, 1.82) is 0 Å². The Labute approximate surface area is 121 Å². The van der Waals surface area contributed by atoms with E-state index in [4.69, 9.17) is 4.74 Å². The highest BCUT2D eigenvalue weighted by Crippen LogP contribution is 2.25. The zero-order valence-corrected chi connectivity index (χ0v) is 12.6. The number of benzene rings is 1. The van der Waals surface area contributed by atoms with E-state index in [0.29, 0.717) is 13.2 Å². The maximum absolute atomic E-state index is 9.36. The van der Waals surface area contributed by atoms with Gasteiger partial charge in [0.2, 0.25) is 0 Å². The summed E-state index contributed by atoms with van der Waals surface area (Å²) < 4.78 is 5.19. The van der Waals surface area contributed by atoms with Gasteiger partial charge in [-0.25, -0.2) is 0 Å². The first-order valence-corrected chi connectivity index (χ1v) is 7.46. The lowest BCUT2D eigenvalue weighted by molar-refractivity contribution is -0.134. The van der Waals surface area contributed by atoms with Crippen LogP contribution in [-0.2, 0) is 11.3 Å². The first-order valence-electron chi connectivity index (χ1n) is 7.46. The second-order valence-corrected chi connectivity index (χ2v) is 5.59. The van der Waals surface area contributed by atoms with Crippen LogP contribution < -0.4 is 10.2 Å². The third kappa shape index (κ3) is 3.51. The van der Waals surface area contributed by atoms with Gasteiger partial charge in [0, 0.05) is 31.9 Å². The highest BCUT2D eigenvalue weighted by molar-refractivity contribution is 5.47. The second kappa shape index (κ2) is 7.07. The van der Waals surface area contributed by atoms with Crippen molar-refractivity contribution in [2.45, 2.75) is 20.4 Å². The van der Waals surface area contributed by atoms with Crippen molar-refractivity contribution in [2.75, 3.05) is 44.4 Å². The van der Waals surface area contributed by atoms with Gasteiger partial charge in [0.15, 0.2) is 0 Å². The predicted molar refractivity (Wildman–Crippen MR) is 82.0 cm³/mol. The fourth-order valence-electron chi connectivity index (χ4n) is 2.53. The molecule has 0 amide bonds. The lowest BCUT2D eigenvalue weighted by atomic mass is 9.87. The van der Waals surface area contributed by atoms with Gasteiger partial charge in [-0.15, -0.1) is 0 Å². The van der Waals surface area contributed by atoms with E-state index < -0.39 is 0 Å². The number of nitrogens with one attached hydrogen (secondary N) is 1. The number of aliphatic hydroxyl groups is 1. The number of rotatable bonds is 8. The molecular weight excluding hydrogens is 252 g/mol. The van der Waals surface area contributed by atoms with Crippen LogP contribution in [0.25, 0.3) is 0 Å². The summed E-state index contributed by atoms with van der Waals surface area (Å²) in [4.78, 5) is 2.34. The average molecular weight is 278 g/mol. The molecule has 1 aliphatic rings. The minimum atomic E-state index is -0.0544. The molecule has 0 aliphatic carbocycles. The van der Waals surface area contributed by atoms with Crippen molar-refractivity contribution >= 4 is 5.69 Å². The van der Waals surface area contributed by atoms with Crippen LogP contribution in [0, 0.1) is 5.41 Å². The maximum Gasteiger partial charge on any atom is 0.0579 e. The SMILES string of the molecule is CCN(CC)c1ccc(CNCC2(CO)COC2)cc1. The third-order valence-electron chi connectivity index (χ3n) is 4.05. The van der Waals surface area contributed by atoms with E-state index in [9.17, 15) is 5.11 Å². The number of ether oxygens (including phenoxy) is 1. The van der Waals surface area contributed by atoms with Crippen molar-refractivity contribution in [3.8, 4) is 0 Å². The van der Waals surface area contributed by atoms with Crippen molar-refractivity contribution in [3.63, 3.8) is 0 Å². The molecule has 4 heteroatoms. The monoisotopic (exact) mass is 278 g/mol. The van der Waals surface area contributed by atoms with Gasteiger partial charge >= 0.3 is 0 Å². The highest BCUT2D eigenvalue weighted by Gasteiger charge is 2.37. The quantitative estimate of drug-likeness (QED) is 0.759. The van der Waals surface area contributed by atoms with E-state index in [2.05, 4.69) is 48.3 Å².